The van der Waals surface area contributed by atoms with Crippen molar-refractivity contribution in [2.24, 2.45) is 0 Å². The molecule has 0 saturated carbocycles. The predicted octanol–water partition coefficient (Wildman–Crippen LogP) is 10.7. The molecule has 0 radical (unpaired) electrons. The van der Waals surface area contributed by atoms with Crippen molar-refractivity contribution in [2.45, 2.75) is 0 Å². The van der Waals surface area contributed by atoms with E-state index in [1.54, 1.807) is 0 Å². The van der Waals surface area contributed by atoms with E-state index in [2.05, 4.69) is 199 Å². The van der Waals surface area contributed by atoms with Gasteiger partial charge in [-0.3, -0.25) is 0 Å². The Kier molecular flexibility index (Phi) is 7.93. The zero-order valence-corrected chi connectivity index (χ0v) is 32.4. The molecule has 7 heteroatoms. The van der Waals surface area contributed by atoms with Crippen molar-refractivity contribution in [1.82, 2.24) is 0 Å². The number of hydrogen-bond acceptors (Lipinski definition) is 4. The van der Waals surface area contributed by atoms with Gasteiger partial charge in [0.25, 0.3) is 0 Å². The van der Waals surface area contributed by atoms with Crippen LogP contribution in [0.1, 0.15) is 0 Å². The predicted molar refractivity (Wildman–Crippen MR) is 232 cm³/mol. The van der Waals surface area contributed by atoms with Gasteiger partial charge < -0.3 is 0 Å². The van der Waals surface area contributed by atoms with Crippen LogP contribution in [0.25, 0.3) is 66.1 Å². The van der Waals surface area contributed by atoms with Gasteiger partial charge in [-0.2, -0.15) is 0 Å². The molecule has 1 saturated heterocycles. The molecular weight excluding hydrogens is 865 g/mol. The van der Waals surface area contributed by atoms with Crippen LogP contribution < -0.4 is 20.5 Å². The topological polar surface area (TPSA) is 32.8 Å². The van der Waals surface area contributed by atoms with Crippen molar-refractivity contribution in [2.75, 3.05) is 9.62 Å². The molecule has 56 heavy (non-hydrogen) atoms. The third kappa shape index (κ3) is 5.32. The van der Waals surface area contributed by atoms with Crippen molar-refractivity contribution in [3.8, 4) is 22.3 Å². The Hall–Kier alpha value is -6.35. The molecule has 0 N–H and O–H groups in total. The van der Waals surface area contributed by atoms with Crippen molar-refractivity contribution >= 4 is 83.8 Å². The molecule has 0 aliphatic carbocycles. The number of furan rings is 2. The minimum absolute atomic E-state index is 0.0363. The molecule has 1 fully saturated rings. The maximum atomic E-state index is 6.45. The molecule has 0 bridgehead atoms. The van der Waals surface area contributed by atoms with Crippen LogP contribution in [0.2, 0.25) is 0 Å². The number of anilines is 2. The van der Waals surface area contributed by atoms with Crippen LogP contribution >= 0.6 is 0 Å². The van der Waals surface area contributed by atoms with E-state index in [1.807, 2.05) is 24.3 Å². The first kappa shape index (κ1) is 33.0. The first-order valence-electron chi connectivity index (χ1n) is 18.9. The van der Waals surface area contributed by atoms with Crippen LogP contribution in [-0.4, -0.2) is 17.6 Å². The van der Waals surface area contributed by atoms with E-state index in [9.17, 15) is 0 Å². The summed E-state index contributed by atoms with van der Waals surface area (Å²) in [5.74, 6) is 0. The quantitative estimate of drug-likeness (QED) is 0.156. The molecule has 3 heterocycles. The Morgan fingerprint density at radius 3 is 1.16 bits per heavy atom. The van der Waals surface area contributed by atoms with Gasteiger partial charge >= 0.3 is 314 Å². The van der Waals surface area contributed by atoms with Crippen LogP contribution in [0, 0.1) is 0 Å². The molecule has 0 unspecified atom stereocenters. The van der Waals surface area contributed by atoms with E-state index in [-0.39, 0.29) is 13.5 Å². The molecule has 8 aromatic carbocycles. The average molecular weight is 898 g/mol. The van der Waals surface area contributed by atoms with Crippen molar-refractivity contribution in [3.63, 3.8) is 0 Å². The van der Waals surface area contributed by atoms with Crippen LogP contribution in [0.5, 0.6) is 0 Å². The van der Waals surface area contributed by atoms with E-state index in [0.717, 1.165) is 81.7 Å². The first-order valence-corrected chi connectivity index (χ1v) is 20.0. The van der Waals surface area contributed by atoms with E-state index in [0.29, 0.717) is 0 Å². The Labute approximate surface area is 336 Å². The van der Waals surface area contributed by atoms with Crippen molar-refractivity contribution < 1.29 is 28.2 Å². The first-order chi connectivity index (χ1) is 27.7. The number of nitrogens with zero attached hydrogens (tertiary/aromatic N) is 2. The molecule has 0 atom stereocenters. The second-order valence-corrected chi connectivity index (χ2v) is 15.4. The van der Waals surface area contributed by atoms with Crippen LogP contribution in [0.15, 0.2) is 203 Å². The van der Waals surface area contributed by atoms with Crippen molar-refractivity contribution in [3.05, 3.63) is 194 Å². The number of para-hydroxylation sites is 6. The zero-order chi connectivity index (χ0) is 37.2. The van der Waals surface area contributed by atoms with Gasteiger partial charge in [-0.25, -0.2) is 0 Å². The summed E-state index contributed by atoms with van der Waals surface area (Å²) in [7, 11) is 0. The fourth-order valence-corrected chi connectivity index (χ4v) is 9.86. The Morgan fingerprint density at radius 1 is 0.357 bits per heavy atom. The van der Waals surface area contributed by atoms with Gasteiger partial charge in [0.05, 0.1) is 0 Å². The van der Waals surface area contributed by atoms with Gasteiger partial charge in [0, 0.05) is 0 Å². The fraction of sp³-hybridized carbons (Fsp3) is 0. The molecule has 10 aromatic rings. The summed E-state index contributed by atoms with van der Waals surface area (Å²) in [5.41, 5.74) is 12.8. The monoisotopic (exact) mass is 897 g/mol. The Balaban J connectivity index is 1.05. The SMILES string of the molecule is [Pt]=[C]1N(c2ccccc2)B(c2ccc(-c3cccc4c3oc3ccccc34)cc2)B(c2ccc(-c3cccc4c3oc3ccccc34)cc2)N1c1ccccc1. The van der Waals surface area contributed by atoms with Gasteiger partial charge in [0.2, 0.25) is 0 Å². The summed E-state index contributed by atoms with van der Waals surface area (Å²) in [4.78, 5) is 4.99. The van der Waals surface area contributed by atoms with Gasteiger partial charge in [-0.05, 0) is 0 Å². The van der Waals surface area contributed by atoms with E-state index in [4.69, 9.17) is 8.83 Å². The molecule has 0 spiro atoms. The second-order valence-electron chi connectivity index (χ2n) is 14.3. The third-order valence-electron chi connectivity index (χ3n) is 11.2. The Morgan fingerprint density at radius 2 is 0.732 bits per heavy atom. The normalized spacial score (nSPS) is 13.3. The van der Waals surface area contributed by atoms with Gasteiger partial charge in [0.15, 0.2) is 0 Å². The van der Waals surface area contributed by atoms with E-state index >= 15 is 0 Å². The van der Waals surface area contributed by atoms with E-state index < -0.39 is 0 Å². The standard InChI is InChI=1S/C49H32B2N2O2.Pt/c1-3-13-38(14-4-1)52-33-53(39-15-5-2-6-16-39)51(37-31-27-35(28-32-37)41-20-12-22-45-43-18-8-10-24-47(43)55-49(41)45)50(52)36-29-25-34(26-30-36)40-19-11-21-44-42-17-7-9-23-46(42)54-48(40)44;/h1-32H;. The number of fused-ring (bicyclic) bond motifs is 6. The molecule has 4 nitrogen and oxygen atoms in total. The van der Waals surface area contributed by atoms with Crippen LogP contribution in [-0.2, 0) is 19.4 Å². The summed E-state index contributed by atoms with van der Waals surface area (Å²) < 4.78 is 14.0. The molecule has 1 aliphatic heterocycles. The maximum absolute atomic E-state index is 6.45. The zero-order valence-electron chi connectivity index (χ0n) is 30.2. The molecule has 266 valence electrons. The summed E-state index contributed by atoms with van der Waals surface area (Å²) in [5, 5.41) is 4.55. The van der Waals surface area contributed by atoms with Crippen LogP contribution in [0.4, 0.5) is 11.4 Å². The van der Waals surface area contributed by atoms with Crippen molar-refractivity contribution in [1.29, 1.82) is 0 Å². The van der Waals surface area contributed by atoms with Gasteiger partial charge in [-0.1, -0.05) is 24.3 Å². The fourth-order valence-electron chi connectivity index (χ4n) is 8.64. The third-order valence-corrected chi connectivity index (χ3v) is 12.3. The van der Waals surface area contributed by atoms with Crippen LogP contribution in [0.3, 0.4) is 0 Å². The Bertz CT molecular complexity index is 2860. The van der Waals surface area contributed by atoms with E-state index in [1.165, 1.54) is 10.9 Å². The van der Waals surface area contributed by atoms with Gasteiger partial charge in [-0.15, -0.1) is 0 Å². The molecule has 1 aliphatic rings. The molecular formula is C49H32B2N2O2Pt. The molecule has 11 rings (SSSR count). The number of rotatable bonds is 6. The minimum atomic E-state index is -0.0363. The molecule has 0 amide bonds. The summed E-state index contributed by atoms with van der Waals surface area (Å²) >= 11 is 2.53. The summed E-state index contributed by atoms with van der Waals surface area (Å²) in [6.45, 7) is -0.0726. The second kappa shape index (κ2) is 13.4. The number of hydrogen-bond donors (Lipinski definition) is 0. The van der Waals surface area contributed by atoms with Gasteiger partial charge in [0.1, 0.15) is 0 Å². The summed E-state index contributed by atoms with van der Waals surface area (Å²) in [6.07, 6.45) is 0. The average Bonchev–Trinajstić information content (AvgIpc) is 3.94. The number of benzene rings is 8. The summed E-state index contributed by atoms with van der Waals surface area (Å²) in [6, 6.07) is 69.2. The molecule has 2 aromatic heterocycles.